The zero-order valence-corrected chi connectivity index (χ0v) is 14.7. The number of rotatable bonds is 5. The maximum absolute atomic E-state index is 3.29. The van der Waals surface area contributed by atoms with E-state index in [1.807, 2.05) is 7.05 Å². The van der Waals surface area contributed by atoms with Crippen LogP contribution in [-0.2, 0) is 6.54 Å². The molecular weight excluding hydrogens is 256 g/mol. The van der Waals surface area contributed by atoms with E-state index >= 15 is 0 Å². The van der Waals surface area contributed by atoms with Crippen molar-refractivity contribution in [1.82, 2.24) is 5.32 Å². The number of nitrogens with one attached hydrogen (secondary N) is 1. The second-order valence-electron chi connectivity index (χ2n) is 7.29. The van der Waals surface area contributed by atoms with Crippen molar-refractivity contribution in [3.8, 4) is 0 Å². The van der Waals surface area contributed by atoms with Crippen molar-refractivity contribution in [3.05, 3.63) is 28.8 Å². The molecule has 1 aromatic carbocycles. The molecule has 1 aliphatic rings. The molecule has 21 heavy (non-hydrogen) atoms. The minimum atomic E-state index is 0.262. The fourth-order valence-corrected chi connectivity index (χ4v) is 3.80. The molecule has 0 amide bonds. The highest BCUT2D eigenvalue weighted by Gasteiger charge is 2.36. The second-order valence-corrected chi connectivity index (χ2v) is 7.29. The van der Waals surface area contributed by atoms with E-state index < -0.39 is 0 Å². The second kappa shape index (κ2) is 6.39. The summed E-state index contributed by atoms with van der Waals surface area (Å²) in [6, 6.07) is 4.87. The minimum Gasteiger partial charge on any atom is -0.366 e. The molecule has 1 aliphatic heterocycles. The molecule has 2 heteroatoms. The van der Waals surface area contributed by atoms with E-state index in [4.69, 9.17) is 0 Å². The maximum Gasteiger partial charge on any atom is 0.0408 e. The van der Waals surface area contributed by atoms with Gasteiger partial charge < -0.3 is 10.2 Å². The smallest absolute Gasteiger partial charge is 0.0408 e. The first-order valence-electron chi connectivity index (χ1n) is 8.46. The molecule has 0 saturated carbocycles. The van der Waals surface area contributed by atoms with Gasteiger partial charge in [0.05, 0.1) is 0 Å². The van der Waals surface area contributed by atoms with Crippen molar-refractivity contribution < 1.29 is 0 Å². The lowest BCUT2D eigenvalue weighted by molar-refractivity contribution is 0.373. The highest BCUT2D eigenvalue weighted by molar-refractivity contribution is 5.62. The van der Waals surface area contributed by atoms with Crippen molar-refractivity contribution in [1.29, 1.82) is 0 Å². The van der Waals surface area contributed by atoms with Crippen molar-refractivity contribution in [2.75, 3.05) is 18.5 Å². The molecular formula is C19H32N2. The van der Waals surface area contributed by atoms with E-state index in [9.17, 15) is 0 Å². The minimum absolute atomic E-state index is 0.262. The van der Waals surface area contributed by atoms with Crippen LogP contribution in [0, 0.1) is 6.92 Å². The summed E-state index contributed by atoms with van der Waals surface area (Å²) in [5, 5.41) is 3.29. The summed E-state index contributed by atoms with van der Waals surface area (Å²) in [4.78, 5) is 2.65. The average Bonchev–Trinajstić information content (AvgIpc) is 2.40. The Labute approximate surface area is 130 Å². The number of fused-ring (bicyclic) bond motifs is 1. The van der Waals surface area contributed by atoms with E-state index in [0.717, 1.165) is 6.54 Å². The van der Waals surface area contributed by atoms with Crippen molar-refractivity contribution in [2.24, 2.45) is 0 Å². The first-order valence-corrected chi connectivity index (χ1v) is 8.46. The fraction of sp³-hybridized carbons (Fsp3) is 0.684. The largest absolute Gasteiger partial charge is 0.366 e. The SMILES string of the molecule is CCCCN1c2cc(C)c(CNC)cc2C(C)CC1(C)C. The van der Waals surface area contributed by atoms with Crippen LogP contribution in [0.15, 0.2) is 12.1 Å². The normalized spacial score (nSPS) is 20.5. The predicted molar refractivity (Wildman–Crippen MR) is 93.3 cm³/mol. The number of benzene rings is 1. The van der Waals surface area contributed by atoms with E-state index in [2.05, 4.69) is 57.0 Å². The van der Waals surface area contributed by atoms with Gasteiger partial charge >= 0.3 is 0 Å². The Hall–Kier alpha value is -1.02. The Bertz CT molecular complexity index is 491. The van der Waals surface area contributed by atoms with Crippen molar-refractivity contribution in [3.63, 3.8) is 0 Å². The van der Waals surface area contributed by atoms with Gasteiger partial charge in [0.1, 0.15) is 0 Å². The monoisotopic (exact) mass is 288 g/mol. The van der Waals surface area contributed by atoms with E-state index in [1.165, 1.54) is 42.6 Å². The Balaban J connectivity index is 2.46. The van der Waals surface area contributed by atoms with Gasteiger partial charge in [0.25, 0.3) is 0 Å². The number of unbranched alkanes of at least 4 members (excludes halogenated alkanes) is 1. The zero-order chi connectivity index (χ0) is 15.6. The molecule has 0 spiro atoms. The Morgan fingerprint density at radius 2 is 2.05 bits per heavy atom. The van der Waals surface area contributed by atoms with Gasteiger partial charge in [-0.05, 0) is 69.3 Å². The third-order valence-corrected chi connectivity index (χ3v) is 4.95. The van der Waals surface area contributed by atoms with Gasteiger partial charge in [-0.15, -0.1) is 0 Å². The van der Waals surface area contributed by atoms with Crippen LogP contribution in [-0.4, -0.2) is 19.1 Å². The molecule has 0 aromatic heterocycles. The number of nitrogens with zero attached hydrogens (tertiary/aromatic N) is 1. The molecule has 1 unspecified atom stereocenters. The van der Waals surface area contributed by atoms with Gasteiger partial charge in [0.15, 0.2) is 0 Å². The molecule has 1 heterocycles. The maximum atomic E-state index is 3.29. The topological polar surface area (TPSA) is 15.3 Å². The Morgan fingerprint density at radius 1 is 1.33 bits per heavy atom. The lowest BCUT2D eigenvalue weighted by atomic mass is 9.79. The van der Waals surface area contributed by atoms with Gasteiger partial charge in [-0.25, -0.2) is 0 Å². The first-order chi connectivity index (χ1) is 9.90. The molecule has 2 rings (SSSR count). The molecule has 0 bridgehead atoms. The number of anilines is 1. The highest BCUT2D eigenvalue weighted by atomic mass is 15.2. The third-order valence-electron chi connectivity index (χ3n) is 4.95. The van der Waals surface area contributed by atoms with E-state index in [1.54, 1.807) is 5.56 Å². The van der Waals surface area contributed by atoms with E-state index in [0.29, 0.717) is 5.92 Å². The quantitative estimate of drug-likeness (QED) is 0.851. The summed E-state index contributed by atoms with van der Waals surface area (Å²) in [5.41, 5.74) is 6.14. The van der Waals surface area contributed by atoms with Gasteiger partial charge in [-0.2, -0.15) is 0 Å². The van der Waals surface area contributed by atoms with Crippen LogP contribution >= 0.6 is 0 Å². The highest BCUT2D eigenvalue weighted by Crippen LogP contribution is 2.44. The fourth-order valence-electron chi connectivity index (χ4n) is 3.80. The summed E-state index contributed by atoms with van der Waals surface area (Å²) in [6.07, 6.45) is 3.77. The van der Waals surface area contributed by atoms with Crippen LogP contribution < -0.4 is 10.2 Å². The van der Waals surface area contributed by atoms with Crippen LogP contribution in [0.25, 0.3) is 0 Å². The molecule has 1 atom stereocenters. The van der Waals surface area contributed by atoms with Crippen LogP contribution in [0.1, 0.15) is 69.6 Å². The molecule has 2 nitrogen and oxygen atoms in total. The summed E-state index contributed by atoms with van der Waals surface area (Å²) in [5.74, 6) is 0.643. The first kappa shape index (κ1) is 16.4. The van der Waals surface area contributed by atoms with Gasteiger partial charge in [0.2, 0.25) is 0 Å². The molecule has 0 aliphatic carbocycles. The summed E-state index contributed by atoms with van der Waals surface area (Å²) >= 11 is 0. The van der Waals surface area contributed by atoms with Gasteiger partial charge in [-0.3, -0.25) is 0 Å². The Kier molecular flexibility index (Phi) is 4.98. The Morgan fingerprint density at radius 3 is 2.67 bits per heavy atom. The van der Waals surface area contributed by atoms with E-state index in [-0.39, 0.29) is 5.54 Å². The van der Waals surface area contributed by atoms with Gasteiger partial charge in [-0.1, -0.05) is 26.3 Å². The summed E-state index contributed by atoms with van der Waals surface area (Å²) in [7, 11) is 2.03. The average molecular weight is 288 g/mol. The van der Waals surface area contributed by atoms with Crippen LogP contribution in [0.2, 0.25) is 0 Å². The lowest BCUT2D eigenvalue weighted by Crippen LogP contribution is -2.48. The third kappa shape index (κ3) is 3.26. The van der Waals surface area contributed by atoms with Crippen LogP contribution in [0.3, 0.4) is 0 Å². The predicted octanol–water partition coefficient (Wildman–Crippen LogP) is 4.61. The number of hydrogen-bond donors (Lipinski definition) is 1. The lowest BCUT2D eigenvalue weighted by Gasteiger charge is -2.48. The molecule has 118 valence electrons. The number of hydrogen-bond acceptors (Lipinski definition) is 2. The zero-order valence-electron chi connectivity index (χ0n) is 14.7. The van der Waals surface area contributed by atoms with Crippen LogP contribution in [0.5, 0.6) is 0 Å². The van der Waals surface area contributed by atoms with Crippen molar-refractivity contribution in [2.45, 2.75) is 71.9 Å². The molecule has 1 aromatic rings. The van der Waals surface area contributed by atoms with Crippen molar-refractivity contribution >= 4 is 5.69 Å². The summed E-state index contributed by atoms with van der Waals surface area (Å²) in [6.45, 7) is 13.9. The molecule has 0 fully saturated rings. The standard InChI is InChI=1S/C19H32N2/c1-7-8-9-21-18-10-14(2)16(13-20-6)11-17(18)15(3)12-19(21,4)5/h10-11,15,20H,7-9,12-13H2,1-6H3. The summed E-state index contributed by atoms with van der Waals surface area (Å²) < 4.78 is 0. The van der Waals surface area contributed by atoms with Crippen LogP contribution in [0.4, 0.5) is 5.69 Å². The molecule has 1 N–H and O–H groups in total. The molecule has 0 radical (unpaired) electrons. The number of aryl methyl sites for hydroxylation is 1. The van der Waals surface area contributed by atoms with Gasteiger partial charge in [0, 0.05) is 24.3 Å². The molecule has 0 saturated heterocycles.